The van der Waals surface area contributed by atoms with E-state index in [0.717, 1.165) is 12.5 Å². The lowest BCUT2D eigenvalue weighted by Crippen LogP contribution is -2.13. The molecule has 176 valence electrons. The summed E-state index contributed by atoms with van der Waals surface area (Å²) in [5, 5.41) is 0. The van der Waals surface area contributed by atoms with Crippen molar-refractivity contribution >= 4 is 0 Å². The Morgan fingerprint density at radius 1 is 0.812 bits per heavy atom. The largest absolute Gasteiger partial charge is 0.491 e. The highest BCUT2D eigenvalue weighted by molar-refractivity contribution is 5.65. The summed E-state index contributed by atoms with van der Waals surface area (Å²) in [7, 11) is 1.77. The Morgan fingerprint density at radius 3 is 2.19 bits per heavy atom. The Balaban J connectivity index is 1.47. The lowest BCUT2D eigenvalue weighted by Gasteiger charge is -2.29. The Morgan fingerprint density at radius 2 is 1.50 bits per heavy atom. The van der Waals surface area contributed by atoms with Crippen LogP contribution in [0.5, 0.6) is 5.75 Å². The molecule has 1 aliphatic carbocycles. The van der Waals surface area contributed by atoms with Crippen molar-refractivity contribution in [3.8, 4) is 16.9 Å². The molecular formula is C28H38F2O2. The van der Waals surface area contributed by atoms with Gasteiger partial charge < -0.3 is 9.47 Å². The van der Waals surface area contributed by atoms with Crippen LogP contribution in [-0.4, -0.2) is 20.3 Å². The first-order chi connectivity index (χ1) is 15.6. The fourth-order valence-electron chi connectivity index (χ4n) is 4.95. The lowest BCUT2D eigenvalue weighted by atomic mass is 9.77. The van der Waals surface area contributed by atoms with Crippen molar-refractivity contribution in [2.75, 3.05) is 20.3 Å². The van der Waals surface area contributed by atoms with Gasteiger partial charge in [0.1, 0.15) is 0 Å². The topological polar surface area (TPSA) is 18.5 Å². The molecule has 1 saturated carbocycles. The van der Waals surface area contributed by atoms with Gasteiger partial charge in [0.25, 0.3) is 0 Å². The van der Waals surface area contributed by atoms with E-state index in [1.54, 1.807) is 20.1 Å². The normalized spacial score (nSPS) is 18.6. The standard InChI is InChI=1S/C28H38F2O2/c1-3-32-26-19-18-25(27(29)28(26)30)24-16-14-23(15-17-24)22-12-10-21(11-13-22)9-7-5-4-6-8-20-31-2/h14-19,21-22H,3-13,20H2,1-2H3. The molecule has 2 aromatic carbocycles. The number of unbranched alkanes of at least 4 members (excludes halogenated alkanes) is 4. The smallest absolute Gasteiger partial charge is 0.201 e. The maximum Gasteiger partial charge on any atom is 0.201 e. The molecule has 0 spiro atoms. The third-order valence-corrected chi connectivity index (χ3v) is 6.85. The molecule has 0 aromatic heterocycles. The quantitative estimate of drug-likeness (QED) is 0.307. The minimum absolute atomic E-state index is 0.0341. The Labute approximate surface area is 192 Å². The van der Waals surface area contributed by atoms with Gasteiger partial charge in [0.2, 0.25) is 5.82 Å². The van der Waals surface area contributed by atoms with Gasteiger partial charge in [-0.1, -0.05) is 56.4 Å². The van der Waals surface area contributed by atoms with Crippen molar-refractivity contribution in [2.24, 2.45) is 5.92 Å². The maximum absolute atomic E-state index is 14.5. The molecule has 0 aliphatic heterocycles. The molecule has 32 heavy (non-hydrogen) atoms. The van der Waals surface area contributed by atoms with Crippen LogP contribution in [0.25, 0.3) is 11.1 Å². The molecule has 2 nitrogen and oxygen atoms in total. The number of halogens is 2. The Hall–Kier alpha value is -1.94. The summed E-state index contributed by atoms with van der Waals surface area (Å²) in [4.78, 5) is 0. The molecule has 3 rings (SSSR count). The third-order valence-electron chi connectivity index (χ3n) is 6.85. The van der Waals surface area contributed by atoms with E-state index in [1.165, 1.54) is 75.8 Å². The highest BCUT2D eigenvalue weighted by atomic mass is 19.2. The van der Waals surface area contributed by atoms with Crippen molar-refractivity contribution in [2.45, 2.75) is 77.0 Å². The van der Waals surface area contributed by atoms with E-state index in [-0.39, 0.29) is 11.3 Å². The summed E-state index contributed by atoms with van der Waals surface area (Å²) >= 11 is 0. The van der Waals surface area contributed by atoms with Gasteiger partial charge in [0.15, 0.2) is 11.6 Å². The maximum atomic E-state index is 14.5. The molecule has 0 N–H and O–H groups in total. The number of benzene rings is 2. The predicted molar refractivity (Wildman–Crippen MR) is 127 cm³/mol. The molecule has 0 amide bonds. The lowest BCUT2D eigenvalue weighted by molar-refractivity contribution is 0.191. The number of hydrogen-bond donors (Lipinski definition) is 0. The van der Waals surface area contributed by atoms with Crippen LogP contribution < -0.4 is 4.74 Å². The van der Waals surface area contributed by atoms with E-state index in [0.29, 0.717) is 18.1 Å². The average Bonchev–Trinajstić information content (AvgIpc) is 2.82. The molecule has 1 fully saturated rings. The summed E-state index contributed by atoms with van der Waals surface area (Å²) in [5.41, 5.74) is 2.30. The second-order valence-electron chi connectivity index (χ2n) is 9.06. The highest BCUT2D eigenvalue weighted by Gasteiger charge is 2.22. The average molecular weight is 445 g/mol. The summed E-state index contributed by atoms with van der Waals surface area (Å²) in [6.45, 7) is 2.95. The summed E-state index contributed by atoms with van der Waals surface area (Å²) in [6.07, 6.45) is 12.9. The minimum atomic E-state index is -0.915. The molecule has 4 heteroatoms. The number of methoxy groups -OCH3 is 1. The van der Waals surface area contributed by atoms with E-state index < -0.39 is 11.6 Å². The summed E-state index contributed by atoms with van der Waals surface area (Å²) in [6, 6.07) is 11.1. The molecule has 0 unspecified atom stereocenters. The van der Waals surface area contributed by atoms with Gasteiger partial charge in [0.05, 0.1) is 6.61 Å². The van der Waals surface area contributed by atoms with Gasteiger partial charge in [-0.2, -0.15) is 4.39 Å². The van der Waals surface area contributed by atoms with Gasteiger partial charge in [-0.15, -0.1) is 0 Å². The molecule has 0 heterocycles. The van der Waals surface area contributed by atoms with Crippen molar-refractivity contribution in [1.29, 1.82) is 0 Å². The SMILES string of the molecule is CCOc1ccc(-c2ccc(C3CCC(CCCCCCCOC)CC3)cc2)c(F)c1F. The molecule has 1 aliphatic rings. The molecule has 0 bridgehead atoms. The van der Waals surface area contributed by atoms with E-state index in [9.17, 15) is 8.78 Å². The zero-order valence-electron chi connectivity index (χ0n) is 19.7. The van der Waals surface area contributed by atoms with Crippen molar-refractivity contribution in [1.82, 2.24) is 0 Å². The summed E-state index contributed by atoms with van der Waals surface area (Å²) < 4.78 is 39.0. The zero-order valence-corrected chi connectivity index (χ0v) is 19.7. The van der Waals surface area contributed by atoms with Crippen LogP contribution in [0.3, 0.4) is 0 Å². The van der Waals surface area contributed by atoms with Gasteiger partial charge in [0, 0.05) is 19.3 Å². The van der Waals surface area contributed by atoms with Crippen LogP contribution in [0.15, 0.2) is 36.4 Å². The Kier molecular flexibility index (Phi) is 9.98. The number of rotatable bonds is 12. The van der Waals surface area contributed by atoms with Crippen LogP contribution in [0, 0.1) is 17.6 Å². The highest BCUT2D eigenvalue weighted by Crippen LogP contribution is 2.38. The Bertz CT molecular complexity index is 811. The monoisotopic (exact) mass is 444 g/mol. The van der Waals surface area contributed by atoms with Gasteiger partial charge in [-0.25, -0.2) is 4.39 Å². The van der Waals surface area contributed by atoms with Crippen molar-refractivity contribution in [3.05, 3.63) is 53.6 Å². The summed E-state index contributed by atoms with van der Waals surface area (Å²) in [5.74, 6) is -0.348. The second kappa shape index (κ2) is 12.9. The first-order valence-electron chi connectivity index (χ1n) is 12.3. The van der Waals surface area contributed by atoms with E-state index in [1.807, 2.05) is 12.1 Å². The van der Waals surface area contributed by atoms with Crippen molar-refractivity contribution in [3.63, 3.8) is 0 Å². The molecule has 0 atom stereocenters. The van der Waals surface area contributed by atoms with Gasteiger partial charge in [-0.3, -0.25) is 0 Å². The second-order valence-corrected chi connectivity index (χ2v) is 9.06. The molecule has 0 saturated heterocycles. The van der Waals surface area contributed by atoms with E-state index in [4.69, 9.17) is 9.47 Å². The first-order valence-corrected chi connectivity index (χ1v) is 12.3. The van der Waals surface area contributed by atoms with Gasteiger partial charge >= 0.3 is 0 Å². The van der Waals surface area contributed by atoms with Crippen LogP contribution in [0.1, 0.15) is 82.6 Å². The fraction of sp³-hybridized carbons (Fsp3) is 0.571. The van der Waals surface area contributed by atoms with Crippen LogP contribution in [0.4, 0.5) is 8.78 Å². The molecular weight excluding hydrogens is 406 g/mol. The fourth-order valence-corrected chi connectivity index (χ4v) is 4.95. The number of hydrogen-bond acceptors (Lipinski definition) is 2. The first kappa shape index (κ1) is 24.7. The van der Waals surface area contributed by atoms with Crippen LogP contribution in [-0.2, 0) is 4.74 Å². The predicted octanol–water partition coefficient (Wildman–Crippen LogP) is 8.29. The van der Waals surface area contributed by atoms with E-state index in [2.05, 4.69) is 12.1 Å². The van der Waals surface area contributed by atoms with Crippen LogP contribution in [0.2, 0.25) is 0 Å². The molecule has 2 aromatic rings. The van der Waals surface area contributed by atoms with E-state index >= 15 is 0 Å². The van der Waals surface area contributed by atoms with Crippen molar-refractivity contribution < 1.29 is 18.3 Å². The number of ether oxygens (including phenoxy) is 2. The minimum Gasteiger partial charge on any atom is -0.491 e. The third kappa shape index (κ3) is 6.78. The van der Waals surface area contributed by atoms with Gasteiger partial charge in [-0.05, 0) is 74.1 Å². The van der Waals surface area contributed by atoms with Crippen LogP contribution >= 0.6 is 0 Å². The molecule has 0 radical (unpaired) electrons. The zero-order chi connectivity index (χ0) is 22.8.